The van der Waals surface area contributed by atoms with Crippen LogP contribution in [0.1, 0.15) is 26.7 Å². The summed E-state index contributed by atoms with van der Waals surface area (Å²) in [5.41, 5.74) is 0.827. The molecule has 8 heteroatoms. The number of nitrogens with one attached hydrogen (secondary N) is 2. The summed E-state index contributed by atoms with van der Waals surface area (Å²) in [6.07, 6.45) is 7.41. The Kier molecular flexibility index (Phi) is 5.26. The molecule has 3 rings (SSSR count). The number of hydrogen-bond donors (Lipinski definition) is 2. The molecular formula is C18H26N8. The van der Waals surface area contributed by atoms with Crippen LogP contribution >= 0.6 is 0 Å². The second-order valence-electron chi connectivity index (χ2n) is 6.90. The Morgan fingerprint density at radius 1 is 1.50 bits per heavy atom. The smallest absolute Gasteiger partial charge is 0.207 e. The van der Waals surface area contributed by atoms with Gasteiger partial charge in [-0.05, 0) is 24.8 Å². The lowest BCUT2D eigenvalue weighted by molar-refractivity contribution is 0.222. The number of piperidine rings is 1. The minimum atomic E-state index is 0.208. The third-order valence-electron chi connectivity index (χ3n) is 5.21. The topological polar surface area (TPSA) is 98.9 Å². The number of nitrogens with zero attached hydrogens (tertiary/aromatic N) is 6. The summed E-state index contributed by atoms with van der Waals surface area (Å²) >= 11 is 0. The third kappa shape index (κ3) is 3.29. The molecule has 1 saturated heterocycles. The van der Waals surface area contributed by atoms with Gasteiger partial charge in [0.2, 0.25) is 5.96 Å². The molecule has 138 valence electrons. The maximum absolute atomic E-state index is 9.34. The van der Waals surface area contributed by atoms with Gasteiger partial charge in [-0.3, -0.25) is 5.41 Å². The first-order valence-electron chi connectivity index (χ1n) is 9.08. The molecule has 2 N–H and O–H groups in total. The van der Waals surface area contributed by atoms with Crippen LogP contribution in [0.15, 0.2) is 18.6 Å². The van der Waals surface area contributed by atoms with Gasteiger partial charge in [0.25, 0.3) is 0 Å². The lowest BCUT2D eigenvalue weighted by Crippen LogP contribution is -2.55. The number of aromatic nitrogens is 3. The Bertz CT molecular complexity index is 807. The Balaban J connectivity index is 1.81. The summed E-state index contributed by atoms with van der Waals surface area (Å²) in [7, 11) is 2.05. The van der Waals surface area contributed by atoms with Crippen LogP contribution in [0, 0.1) is 22.8 Å². The van der Waals surface area contributed by atoms with E-state index in [4.69, 9.17) is 5.41 Å². The van der Waals surface area contributed by atoms with Crippen LogP contribution in [0.5, 0.6) is 0 Å². The molecule has 0 amide bonds. The van der Waals surface area contributed by atoms with E-state index < -0.39 is 0 Å². The largest absolute Gasteiger partial charge is 0.354 e. The predicted molar refractivity (Wildman–Crippen MR) is 102 cm³/mol. The molecule has 1 aliphatic rings. The van der Waals surface area contributed by atoms with Crippen molar-refractivity contribution in [1.82, 2.24) is 24.8 Å². The van der Waals surface area contributed by atoms with Crippen LogP contribution in [-0.2, 0) is 0 Å². The van der Waals surface area contributed by atoms with Crippen molar-refractivity contribution >= 4 is 22.8 Å². The minimum Gasteiger partial charge on any atom is -0.354 e. The molecule has 0 bridgehead atoms. The normalized spacial score (nSPS) is 20.0. The Morgan fingerprint density at radius 3 is 3.04 bits per heavy atom. The molecule has 2 atom stereocenters. The van der Waals surface area contributed by atoms with Crippen LogP contribution in [0.3, 0.4) is 0 Å². The van der Waals surface area contributed by atoms with Gasteiger partial charge in [-0.15, -0.1) is 0 Å². The fourth-order valence-corrected chi connectivity index (χ4v) is 3.64. The van der Waals surface area contributed by atoms with Crippen LogP contribution in [-0.4, -0.2) is 63.4 Å². The van der Waals surface area contributed by atoms with E-state index >= 15 is 0 Å². The predicted octanol–water partition coefficient (Wildman–Crippen LogP) is 2.23. The molecule has 0 aromatic carbocycles. The van der Waals surface area contributed by atoms with Crippen molar-refractivity contribution in [2.45, 2.75) is 32.7 Å². The summed E-state index contributed by atoms with van der Waals surface area (Å²) in [6, 6.07) is 2.20. The highest BCUT2D eigenvalue weighted by Gasteiger charge is 2.33. The maximum atomic E-state index is 9.34. The first kappa shape index (κ1) is 18.0. The highest BCUT2D eigenvalue weighted by molar-refractivity contribution is 5.87. The van der Waals surface area contributed by atoms with Crippen molar-refractivity contribution in [2.24, 2.45) is 5.92 Å². The number of anilines is 1. The average molecular weight is 354 g/mol. The first-order valence-corrected chi connectivity index (χ1v) is 9.08. The SMILES string of the molecule is CCCN(C#N)C(=N)N1CC[C@@H](C)[C@@H](N(C)c2ncnc3[nH]ccc23)C1. The van der Waals surface area contributed by atoms with E-state index in [0.717, 1.165) is 36.2 Å². The standard InChI is InChI=1S/C18H26N8/c1-4-8-26(11-19)18(20)25-9-6-13(2)15(10-25)24(3)17-14-5-7-21-16(14)22-12-23-17/h5,7,12-13,15,20H,4,6,8-10H2,1-3H3,(H,21,22,23)/t13-,15+/m1/s1. The molecule has 0 spiro atoms. The van der Waals surface area contributed by atoms with Crippen LogP contribution in [0.2, 0.25) is 0 Å². The van der Waals surface area contributed by atoms with Gasteiger partial charge in [0, 0.05) is 32.9 Å². The van der Waals surface area contributed by atoms with Gasteiger partial charge in [0.15, 0.2) is 6.19 Å². The second-order valence-corrected chi connectivity index (χ2v) is 6.90. The van der Waals surface area contributed by atoms with E-state index in [1.165, 1.54) is 4.90 Å². The zero-order valence-corrected chi connectivity index (χ0v) is 15.6. The molecule has 0 unspecified atom stereocenters. The van der Waals surface area contributed by atoms with Gasteiger partial charge >= 0.3 is 0 Å². The number of guanidine groups is 1. The van der Waals surface area contributed by atoms with Crippen LogP contribution < -0.4 is 4.90 Å². The average Bonchev–Trinajstić information content (AvgIpc) is 3.14. The molecule has 2 aromatic rings. The fourth-order valence-electron chi connectivity index (χ4n) is 3.64. The van der Waals surface area contributed by atoms with Crippen molar-refractivity contribution in [3.05, 3.63) is 18.6 Å². The van der Waals surface area contributed by atoms with Crippen molar-refractivity contribution < 1.29 is 0 Å². The Hall–Kier alpha value is -2.82. The van der Waals surface area contributed by atoms with E-state index in [2.05, 4.69) is 40.0 Å². The van der Waals surface area contributed by atoms with E-state index in [0.29, 0.717) is 25.0 Å². The summed E-state index contributed by atoms with van der Waals surface area (Å²) < 4.78 is 0. The molecule has 26 heavy (non-hydrogen) atoms. The summed E-state index contributed by atoms with van der Waals surface area (Å²) in [6.45, 7) is 6.34. The number of H-pyrrole nitrogens is 1. The number of fused-ring (bicyclic) bond motifs is 1. The molecular weight excluding hydrogens is 328 g/mol. The van der Waals surface area contributed by atoms with Crippen molar-refractivity contribution in [1.29, 1.82) is 10.7 Å². The summed E-state index contributed by atoms with van der Waals surface area (Å²) in [4.78, 5) is 17.6. The van der Waals surface area contributed by atoms with Gasteiger partial charge in [0.05, 0.1) is 11.4 Å². The van der Waals surface area contributed by atoms with Gasteiger partial charge in [-0.2, -0.15) is 5.26 Å². The number of likely N-dealkylation sites (tertiary alicyclic amines) is 1. The monoisotopic (exact) mass is 354 g/mol. The first-order chi connectivity index (χ1) is 12.6. The zero-order chi connectivity index (χ0) is 18.7. The number of nitriles is 1. The maximum Gasteiger partial charge on any atom is 0.207 e. The van der Waals surface area contributed by atoms with E-state index in [-0.39, 0.29) is 6.04 Å². The van der Waals surface area contributed by atoms with E-state index in [9.17, 15) is 5.26 Å². The zero-order valence-electron chi connectivity index (χ0n) is 15.6. The van der Waals surface area contributed by atoms with E-state index in [1.54, 1.807) is 6.33 Å². The highest BCUT2D eigenvalue weighted by Crippen LogP contribution is 2.28. The molecule has 2 aromatic heterocycles. The minimum absolute atomic E-state index is 0.208. The van der Waals surface area contributed by atoms with Crippen molar-refractivity contribution in [3.63, 3.8) is 0 Å². The molecule has 8 nitrogen and oxygen atoms in total. The van der Waals surface area contributed by atoms with Crippen LogP contribution in [0.4, 0.5) is 5.82 Å². The molecule has 1 aliphatic heterocycles. The van der Waals surface area contributed by atoms with Gasteiger partial charge in [-0.25, -0.2) is 14.9 Å². The Morgan fingerprint density at radius 2 is 2.31 bits per heavy atom. The second kappa shape index (κ2) is 7.60. The van der Waals surface area contributed by atoms with Gasteiger partial charge in [-0.1, -0.05) is 13.8 Å². The Labute approximate surface area is 153 Å². The van der Waals surface area contributed by atoms with E-state index in [1.807, 2.05) is 24.1 Å². The fraction of sp³-hybridized carbons (Fsp3) is 0.556. The quantitative estimate of drug-likeness (QED) is 0.378. The summed E-state index contributed by atoms with van der Waals surface area (Å²) in [5.74, 6) is 1.66. The molecule has 1 fully saturated rings. The van der Waals surface area contributed by atoms with Gasteiger partial charge < -0.3 is 14.8 Å². The lowest BCUT2D eigenvalue weighted by Gasteiger charge is -2.43. The highest BCUT2D eigenvalue weighted by atomic mass is 15.4. The van der Waals surface area contributed by atoms with Crippen molar-refractivity contribution in [3.8, 4) is 6.19 Å². The number of hydrogen-bond acceptors (Lipinski definition) is 5. The molecule has 0 aliphatic carbocycles. The molecule has 0 saturated carbocycles. The number of rotatable bonds is 4. The summed E-state index contributed by atoms with van der Waals surface area (Å²) in [5, 5.41) is 18.8. The van der Waals surface area contributed by atoms with Gasteiger partial charge in [0.1, 0.15) is 17.8 Å². The van der Waals surface area contributed by atoms with Crippen LogP contribution in [0.25, 0.3) is 11.0 Å². The molecule has 3 heterocycles. The number of likely N-dealkylation sites (N-methyl/N-ethyl adjacent to an activating group) is 1. The number of aromatic amines is 1. The lowest BCUT2D eigenvalue weighted by atomic mass is 9.92. The molecule has 0 radical (unpaired) electrons. The third-order valence-corrected chi connectivity index (χ3v) is 5.21. The van der Waals surface area contributed by atoms with Crippen molar-refractivity contribution in [2.75, 3.05) is 31.6 Å².